The molecule has 8 heteroatoms. The van der Waals surface area contributed by atoms with Crippen molar-refractivity contribution in [3.05, 3.63) is 47.3 Å². The number of hydrogen-bond donors (Lipinski definition) is 0. The summed E-state index contributed by atoms with van der Waals surface area (Å²) in [5.74, 6) is -0.0977. The molecule has 1 aliphatic heterocycles. The van der Waals surface area contributed by atoms with Crippen LogP contribution < -0.4 is 4.31 Å². The van der Waals surface area contributed by atoms with Crippen molar-refractivity contribution < 1.29 is 13.2 Å². The number of aromatic nitrogens is 2. The van der Waals surface area contributed by atoms with Crippen molar-refractivity contribution in [1.82, 2.24) is 14.7 Å². The summed E-state index contributed by atoms with van der Waals surface area (Å²) in [5, 5.41) is 4.10. The predicted molar refractivity (Wildman–Crippen MR) is 91.3 cm³/mol. The van der Waals surface area contributed by atoms with Crippen LogP contribution in [0.5, 0.6) is 0 Å². The molecule has 24 heavy (non-hydrogen) atoms. The number of benzene rings is 1. The van der Waals surface area contributed by atoms with Gasteiger partial charge in [-0.1, -0.05) is 0 Å². The number of carbonyl (C=O) groups is 1. The van der Waals surface area contributed by atoms with Crippen molar-refractivity contribution in [2.24, 2.45) is 7.05 Å². The van der Waals surface area contributed by atoms with Crippen LogP contribution in [0.3, 0.4) is 0 Å². The summed E-state index contributed by atoms with van der Waals surface area (Å²) in [4.78, 5) is 14.2. The molecule has 0 spiro atoms. The molecule has 1 aromatic heterocycles. The molecule has 0 radical (unpaired) electrons. The zero-order valence-corrected chi connectivity index (χ0v) is 14.7. The lowest BCUT2D eigenvalue weighted by molar-refractivity contribution is 0.0785. The molecule has 1 aliphatic rings. The molecule has 0 N–H and O–H groups in total. The van der Waals surface area contributed by atoms with Crippen LogP contribution in [0, 0.1) is 0 Å². The molecule has 0 bridgehead atoms. The Bertz CT molecular complexity index is 888. The van der Waals surface area contributed by atoms with E-state index >= 15 is 0 Å². The van der Waals surface area contributed by atoms with E-state index in [0.29, 0.717) is 30.8 Å². The second-order valence-corrected chi connectivity index (χ2v) is 8.02. The summed E-state index contributed by atoms with van der Waals surface area (Å²) >= 11 is 0. The third-order valence-corrected chi connectivity index (χ3v) is 5.28. The molecule has 128 valence electrons. The molecule has 1 aromatic carbocycles. The molecule has 7 nitrogen and oxygen atoms in total. The smallest absolute Gasteiger partial charge is 0.253 e. The monoisotopic (exact) mass is 348 g/mol. The van der Waals surface area contributed by atoms with Crippen molar-refractivity contribution in [3.8, 4) is 0 Å². The Morgan fingerprint density at radius 1 is 1.38 bits per heavy atom. The first-order valence-electron chi connectivity index (χ1n) is 7.59. The Balaban J connectivity index is 1.79. The van der Waals surface area contributed by atoms with Crippen molar-refractivity contribution in [2.45, 2.75) is 13.0 Å². The number of carbonyl (C=O) groups excluding carboxylic acids is 1. The quantitative estimate of drug-likeness (QED) is 0.826. The Morgan fingerprint density at radius 2 is 2.12 bits per heavy atom. The average Bonchev–Trinajstić information content (AvgIpc) is 3.11. The van der Waals surface area contributed by atoms with Gasteiger partial charge in [0.15, 0.2) is 0 Å². The summed E-state index contributed by atoms with van der Waals surface area (Å²) in [5.41, 5.74) is 3.08. The topological polar surface area (TPSA) is 75.5 Å². The van der Waals surface area contributed by atoms with Gasteiger partial charge in [-0.15, -0.1) is 0 Å². The molecule has 0 saturated carbocycles. The number of fused-ring (bicyclic) bond motifs is 1. The van der Waals surface area contributed by atoms with Crippen molar-refractivity contribution in [2.75, 3.05) is 24.2 Å². The SMILES string of the molecule is CN(Cc1cnn(C)c1)C(=O)c1ccc2c(c1)CCN2S(C)(=O)=O. The highest BCUT2D eigenvalue weighted by atomic mass is 32.2. The number of sulfonamides is 1. The van der Waals surface area contributed by atoms with Gasteiger partial charge in [-0.05, 0) is 30.2 Å². The van der Waals surface area contributed by atoms with E-state index in [9.17, 15) is 13.2 Å². The van der Waals surface area contributed by atoms with Gasteiger partial charge in [-0.2, -0.15) is 5.10 Å². The first-order chi connectivity index (χ1) is 11.3. The van der Waals surface area contributed by atoms with Crippen LogP contribution >= 0.6 is 0 Å². The van der Waals surface area contributed by atoms with Gasteiger partial charge in [0.1, 0.15) is 0 Å². The zero-order valence-electron chi connectivity index (χ0n) is 13.9. The lowest BCUT2D eigenvalue weighted by atomic mass is 10.1. The minimum absolute atomic E-state index is 0.0977. The largest absolute Gasteiger partial charge is 0.337 e. The van der Waals surface area contributed by atoms with Crippen molar-refractivity contribution in [1.29, 1.82) is 0 Å². The van der Waals surface area contributed by atoms with Crippen LogP contribution in [-0.4, -0.2) is 48.9 Å². The second-order valence-electron chi connectivity index (χ2n) is 6.11. The first kappa shape index (κ1) is 16.5. The number of nitrogens with zero attached hydrogens (tertiary/aromatic N) is 4. The normalized spacial score (nSPS) is 13.9. The molecule has 2 heterocycles. The fourth-order valence-electron chi connectivity index (χ4n) is 2.97. The fraction of sp³-hybridized carbons (Fsp3) is 0.375. The first-order valence-corrected chi connectivity index (χ1v) is 9.44. The fourth-order valence-corrected chi connectivity index (χ4v) is 3.93. The molecule has 0 unspecified atom stereocenters. The van der Waals surface area contributed by atoms with Crippen LogP contribution in [0.25, 0.3) is 0 Å². The third-order valence-electron chi connectivity index (χ3n) is 4.10. The van der Waals surface area contributed by atoms with Gasteiger partial charge in [-0.3, -0.25) is 13.8 Å². The Hall–Kier alpha value is -2.35. The standard InChI is InChI=1S/C16H20N4O3S/c1-18(10-12-9-17-19(2)11-12)16(21)14-4-5-15-13(8-14)6-7-20(15)24(3,22)23/h4-5,8-9,11H,6-7,10H2,1-3H3. The third kappa shape index (κ3) is 3.14. The minimum atomic E-state index is -3.28. The molecule has 0 saturated heterocycles. The van der Waals surface area contributed by atoms with Gasteiger partial charge in [0.2, 0.25) is 10.0 Å². The molecule has 0 fully saturated rings. The maximum atomic E-state index is 12.6. The van der Waals surface area contributed by atoms with Gasteiger partial charge in [0, 0.05) is 44.5 Å². The van der Waals surface area contributed by atoms with Crippen LogP contribution in [-0.2, 0) is 30.0 Å². The summed E-state index contributed by atoms with van der Waals surface area (Å²) in [6.07, 6.45) is 5.42. The highest BCUT2D eigenvalue weighted by molar-refractivity contribution is 7.92. The van der Waals surface area contributed by atoms with Crippen LogP contribution in [0.4, 0.5) is 5.69 Å². The maximum Gasteiger partial charge on any atom is 0.253 e. The number of hydrogen-bond acceptors (Lipinski definition) is 4. The lowest BCUT2D eigenvalue weighted by Gasteiger charge is -2.18. The molecular weight excluding hydrogens is 328 g/mol. The van der Waals surface area contributed by atoms with E-state index < -0.39 is 10.0 Å². The van der Waals surface area contributed by atoms with E-state index in [1.54, 1.807) is 41.0 Å². The van der Waals surface area contributed by atoms with Gasteiger partial charge in [0.25, 0.3) is 5.91 Å². The van der Waals surface area contributed by atoms with E-state index in [4.69, 9.17) is 0 Å². The van der Waals surface area contributed by atoms with Crippen LogP contribution in [0.1, 0.15) is 21.5 Å². The van der Waals surface area contributed by atoms with Crippen LogP contribution in [0.15, 0.2) is 30.6 Å². The van der Waals surface area contributed by atoms with E-state index in [-0.39, 0.29) is 5.91 Å². The summed E-state index contributed by atoms with van der Waals surface area (Å²) in [6.45, 7) is 0.899. The Morgan fingerprint density at radius 3 is 2.75 bits per heavy atom. The van der Waals surface area contributed by atoms with Crippen molar-refractivity contribution >= 4 is 21.6 Å². The van der Waals surface area contributed by atoms with Gasteiger partial charge >= 0.3 is 0 Å². The van der Waals surface area contributed by atoms with E-state index in [2.05, 4.69) is 5.10 Å². The van der Waals surface area contributed by atoms with Gasteiger partial charge < -0.3 is 4.90 Å². The molecular formula is C16H20N4O3S. The van der Waals surface area contributed by atoms with Gasteiger partial charge in [-0.25, -0.2) is 8.42 Å². The maximum absolute atomic E-state index is 12.6. The Kier molecular flexibility index (Phi) is 4.08. The van der Waals surface area contributed by atoms with Gasteiger partial charge in [0.05, 0.1) is 18.1 Å². The number of amides is 1. The summed E-state index contributed by atoms with van der Waals surface area (Å²) in [7, 11) is 0.299. The number of aryl methyl sites for hydroxylation is 1. The highest BCUT2D eigenvalue weighted by Crippen LogP contribution is 2.31. The average molecular weight is 348 g/mol. The van der Waals surface area contributed by atoms with E-state index in [0.717, 1.165) is 11.1 Å². The summed E-state index contributed by atoms with van der Waals surface area (Å²) < 4.78 is 26.6. The molecule has 2 aromatic rings. The predicted octanol–water partition coefficient (Wildman–Crippen LogP) is 1.01. The summed E-state index contributed by atoms with van der Waals surface area (Å²) in [6, 6.07) is 5.20. The Labute approximate surface area is 141 Å². The molecule has 1 amide bonds. The molecule has 0 atom stereocenters. The number of anilines is 1. The molecule has 3 rings (SSSR count). The van der Waals surface area contributed by atoms with E-state index in [1.165, 1.54) is 10.6 Å². The van der Waals surface area contributed by atoms with Crippen molar-refractivity contribution in [3.63, 3.8) is 0 Å². The lowest BCUT2D eigenvalue weighted by Crippen LogP contribution is -2.27. The number of rotatable bonds is 4. The highest BCUT2D eigenvalue weighted by Gasteiger charge is 2.27. The minimum Gasteiger partial charge on any atom is -0.337 e. The zero-order chi connectivity index (χ0) is 17.5. The van der Waals surface area contributed by atoms with E-state index in [1.807, 2.05) is 13.2 Å². The van der Waals surface area contributed by atoms with Crippen LogP contribution in [0.2, 0.25) is 0 Å². The second kappa shape index (κ2) is 5.94. The molecule has 0 aliphatic carbocycles.